The quantitative estimate of drug-likeness (QED) is 0.636. The lowest BCUT2D eigenvalue weighted by molar-refractivity contribution is -0.135. The average Bonchev–Trinajstić information content (AvgIpc) is 2.53. The Morgan fingerprint density at radius 2 is 1.70 bits per heavy atom. The molecule has 8 heteroatoms. The fourth-order valence-electron chi connectivity index (χ4n) is 1.75. The number of rotatable bonds is 5. The van der Waals surface area contributed by atoms with Gasteiger partial charge in [0.2, 0.25) is 5.56 Å². The number of nitrogens with one attached hydrogen (secondary N) is 3. The van der Waals surface area contributed by atoms with Crippen molar-refractivity contribution in [1.29, 1.82) is 0 Å². The van der Waals surface area contributed by atoms with Gasteiger partial charge in [-0.05, 0) is 30.3 Å². The van der Waals surface area contributed by atoms with Crippen LogP contribution in [0.4, 0.5) is 5.69 Å². The molecule has 0 atom stereocenters. The van der Waals surface area contributed by atoms with Crippen molar-refractivity contribution in [3.05, 3.63) is 64.1 Å². The number of carbonyl (C=O) groups is 3. The Labute approximate surface area is 130 Å². The van der Waals surface area contributed by atoms with Crippen molar-refractivity contribution in [3.63, 3.8) is 0 Å². The molecule has 2 amide bonds. The number of hydrogen-bond donors (Lipinski definition) is 4. The third-order valence-electron chi connectivity index (χ3n) is 2.84. The summed E-state index contributed by atoms with van der Waals surface area (Å²) in [4.78, 5) is 47.5. The van der Waals surface area contributed by atoms with Crippen molar-refractivity contribution >= 4 is 23.5 Å². The molecule has 0 aliphatic heterocycles. The maximum absolute atomic E-state index is 12.0. The van der Waals surface area contributed by atoms with Crippen LogP contribution in [0.1, 0.15) is 20.7 Å². The van der Waals surface area contributed by atoms with Gasteiger partial charge in [-0.25, -0.2) is 0 Å². The topological polar surface area (TPSA) is 128 Å². The Kier molecular flexibility index (Phi) is 4.88. The standard InChI is InChI=1S/C15H13N3O5/c19-12-7-10(5-6-16-12)15(23)18-11-3-1-9(2-4-11)14(22)17-8-13(20)21/h1-7H,8H2,(H,16,19)(H,17,22)(H,18,23)(H,20,21). The van der Waals surface area contributed by atoms with Gasteiger partial charge in [0.25, 0.3) is 11.8 Å². The molecule has 0 fully saturated rings. The van der Waals surface area contributed by atoms with E-state index in [1.807, 2.05) is 0 Å². The Morgan fingerprint density at radius 1 is 1.00 bits per heavy atom. The average molecular weight is 315 g/mol. The van der Waals surface area contributed by atoms with E-state index in [2.05, 4.69) is 15.6 Å². The monoisotopic (exact) mass is 315 g/mol. The number of carboxylic acids is 1. The van der Waals surface area contributed by atoms with E-state index in [0.717, 1.165) is 0 Å². The molecular formula is C15H13N3O5. The molecule has 118 valence electrons. The molecule has 2 aromatic rings. The highest BCUT2D eigenvalue weighted by atomic mass is 16.4. The van der Waals surface area contributed by atoms with Crippen molar-refractivity contribution in [3.8, 4) is 0 Å². The van der Waals surface area contributed by atoms with E-state index in [0.29, 0.717) is 5.69 Å². The normalized spacial score (nSPS) is 9.91. The first kappa shape index (κ1) is 16.0. The molecule has 1 heterocycles. The van der Waals surface area contributed by atoms with Crippen molar-refractivity contribution in [2.24, 2.45) is 0 Å². The number of H-pyrrole nitrogens is 1. The van der Waals surface area contributed by atoms with Gasteiger partial charge in [-0.15, -0.1) is 0 Å². The lowest BCUT2D eigenvalue weighted by Crippen LogP contribution is -2.29. The lowest BCUT2D eigenvalue weighted by atomic mass is 10.2. The summed E-state index contributed by atoms with van der Waals surface area (Å²) < 4.78 is 0. The Balaban J connectivity index is 2.02. The molecule has 2 rings (SSSR count). The van der Waals surface area contributed by atoms with Gasteiger partial charge in [-0.1, -0.05) is 0 Å². The summed E-state index contributed by atoms with van der Waals surface area (Å²) in [5.41, 5.74) is 0.519. The molecule has 1 aromatic heterocycles. The number of aromatic amines is 1. The Hall–Kier alpha value is -3.42. The zero-order valence-electron chi connectivity index (χ0n) is 11.8. The fourth-order valence-corrected chi connectivity index (χ4v) is 1.75. The van der Waals surface area contributed by atoms with Gasteiger partial charge in [-0.2, -0.15) is 0 Å². The SMILES string of the molecule is O=C(O)CNC(=O)c1ccc(NC(=O)c2cc[nH]c(=O)c2)cc1. The van der Waals surface area contributed by atoms with E-state index in [-0.39, 0.29) is 16.7 Å². The van der Waals surface area contributed by atoms with Gasteiger partial charge in [0.15, 0.2) is 0 Å². The molecule has 0 aliphatic rings. The second-order valence-electron chi connectivity index (χ2n) is 4.55. The summed E-state index contributed by atoms with van der Waals surface area (Å²) in [5, 5.41) is 13.3. The molecule has 0 aliphatic carbocycles. The van der Waals surface area contributed by atoms with Crippen molar-refractivity contribution in [2.75, 3.05) is 11.9 Å². The van der Waals surface area contributed by atoms with Crippen LogP contribution >= 0.6 is 0 Å². The lowest BCUT2D eigenvalue weighted by Gasteiger charge is -2.06. The zero-order chi connectivity index (χ0) is 16.8. The van der Waals surface area contributed by atoms with Crippen molar-refractivity contribution in [1.82, 2.24) is 10.3 Å². The number of carboxylic acid groups (broad SMARTS) is 1. The van der Waals surface area contributed by atoms with Crippen LogP contribution in [-0.2, 0) is 4.79 Å². The van der Waals surface area contributed by atoms with E-state index < -0.39 is 24.3 Å². The third-order valence-corrected chi connectivity index (χ3v) is 2.84. The van der Waals surface area contributed by atoms with Crippen LogP contribution in [0, 0.1) is 0 Å². The molecule has 0 bridgehead atoms. The highest BCUT2D eigenvalue weighted by Gasteiger charge is 2.09. The van der Waals surface area contributed by atoms with Gasteiger partial charge >= 0.3 is 5.97 Å². The molecule has 4 N–H and O–H groups in total. The largest absolute Gasteiger partial charge is 0.480 e. The summed E-state index contributed by atoms with van der Waals surface area (Å²) in [6.07, 6.45) is 1.37. The van der Waals surface area contributed by atoms with E-state index in [4.69, 9.17) is 5.11 Å². The second kappa shape index (κ2) is 7.03. The molecule has 0 spiro atoms. The third kappa shape index (κ3) is 4.53. The minimum atomic E-state index is -1.14. The molecule has 0 saturated heterocycles. The van der Waals surface area contributed by atoms with Gasteiger partial charge in [0.05, 0.1) is 0 Å². The number of pyridine rings is 1. The predicted octanol–water partition coefficient (Wildman–Crippen LogP) is 0.442. The number of anilines is 1. The number of carbonyl (C=O) groups excluding carboxylic acids is 2. The van der Waals surface area contributed by atoms with Gasteiger partial charge in [0.1, 0.15) is 6.54 Å². The maximum atomic E-state index is 12.0. The van der Waals surface area contributed by atoms with Crippen LogP contribution in [0.3, 0.4) is 0 Å². The number of aromatic nitrogens is 1. The molecule has 23 heavy (non-hydrogen) atoms. The molecule has 0 radical (unpaired) electrons. The molecule has 0 unspecified atom stereocenters. The number of benzene rings is 1. The number of aliphatic carboxylic acids is 1. The van der Waals surface area contributed by atoms with Crippen LogP contribution in [0.5, 0.6) is 0 Å². The fraction of sp³-hybridized carbons (Fsp3) is 0.0667. The predicted molar refractivity (Wildman–Crippen MR) is 81.4 cm³/mol. The van der Waals surface area contributed by atoms with E-state index in [9.17, 15) is 19.2 Å². The van der Waals surface area contributed by atoms with Crippen LogP contribution in [0.15, 0.2) is 47.4 Å². The van der Waals surface area contributed by atoms with Gasteiger partial charge < -0.3 is 20.7 Å². The van der Waals surface area contributed by atoms with Gasteiger partial charge in [-0.3, -0.25) is 19.2 Å². The minimum absolute atomic E-state index is 0.206. The summed E-state index contributed by atoms with van der Waals surface area (Å²) in [7, 11) is 0. The van der Waals surface area contributed by atoms with E-state index >= 15 is 0 Å². The molecule has 0 saturated carbocycles. The van der Waals surface area contributed by atoms with Gasteiger partial charge in [0, 0.05) is 29.1 Å². The second-order valence-corrected chi connectivity index (χ2v) is 4.55. The minimum Gasteiger partial charge on any atom is -0.480 e. The first-order valence-electron chi connectivity index (χ1n) is 6.56. The van der Waals surface area contributed by atoms with Crippen LogP contribution in [0.25, 0.3) is 0 Å². The van der Waals surface area contributed by atoms with Crippen LogP contribution in [-0.4, -0.2) is 34.4 Å². The summed E-state index contributed by atoms with van der Waals surface area (Å²) in [6.45, 7) is -0.472. The molecule has 1 aromatic carbocycles. The first-order chi connectivity index (χ1) is 11.0. The first-order valence-corrected chi connectivity index (χ1v) is 6.56. The highest BCUT2D eigenvalue weighted by molar-refractivity contribution is 6.04. The highest BCUT2D eigenvalue weighted by Crippen LogP contribution is 2.11. The summed E-state index contributed by atoms with van der Waals surface area (Å²) in [6, 6.07) is 8.53. The number of hydrogen-bond acceptors (Lipinski definition) is 4. The van der Waals surface area contributed by atoms with E-state index in [1.165, 1.54) is 42.6 Å². The Bertz CT molecular complexity index is 795. The smallest absolute Gasteiger partial charge is 0.322 e. The van der Waals surface area contributed by atoms with Crippen LogP contribution in [0.2, 0.25) is 0 Å². The van der Waals surface area contributed by atoms with E-state index in [1.54, 1.807) is 0 Å². The maximum Gasteiger partial charge on any atom is 0.322 e. The Morgan fingerprint density at radius 3 is 2.30 bits per heavy atom. The number of amides is 2. The molecular weight excluding hydrogens is 302 g/mol. The summed E-state index contributed by atoms with van der Waals surface area (Å²) in [5.74, 6) is -2.13. The molecule has 8 nitrogen and oxygen atoms in total. The van der Waals surface area contributed by atoms with Crippen LogP contribution < -0.4 is 16.2 Å². The van der Waals surface area contributed by atoms with Crippen molar-refractivity contribution in [2.45, 2.75) is 0 Å². The van der Waals surface area contributed by atoms with Crippen molar-refractivity contribution < 1.29 is 19.5 Å². The summed E-state index contributed by atoms with van der Waals surface area (Å²) >= 11 is 0. The zero-order valence-corrected chi connectivity index (χ0v) is 11.8.